The van der Waals surface area contributed by atoms with Gasteiger partial charge >= 0.3 is 0 Å². The molecule has 1 aliphatic heterocycles. The van der Waals surface area contributed by atoms with E-state index in [0.29, 0.717) is 6.42 Å². The average molecular weight is 98.1 g/mol. The number of nitrogens with one attached hydrogen (secondary N) is 1. The molecule has 0 aromatic carbocycles. The van der Waals surface area contributed by atoms with Gasteiger partial charge in [-0.25, -0.2) is 0 Å². The smallest absolute Gasteiger partial charge is 0.139 e. The van der Waals surface area contributed by atoms with Crippen molar-refractivity contribution in [2.45, 2.75) is 6.42 Å². The van der Waals surface area contributed by atoms with Crippen LogP contribution >= 0.6 is 0 Å². The Morgan fingerprint density at radius 2 is 2.57 bits per heavy atom. The van der Waals surface area contributed by atoms with E-state index in [9.17, 15) is 4.79 Å². The van der Waals surface area contributed by atoms with Gasteiger partial charge < -0.3 is 5.32 Å². The molecular weight excluding hydrogens is 90.1 g/mol. The summed E-state index contributed by atoms with van der Waals surface area (Å²) in [6, 6.07) is 0. The summed E-state index contributed by atoms with van der Waals surface area (Å²) in [5.74, 6) is 0.277. The first-order valence-electron chi connectivity index (χ1n) is 2.46. The molecule has 0 saturated carbocycles. The molecule has 0 aromatic rings. The lowest BCUT2D eigenvalue weighted by Gasteiger charge is -2.07. The summed E-state index contributed by atoms with van der Waals surface area (Å²) in [5, 5.41) is 3.04. The van der Waals surface area contributed by atoms with E-state index in [4.69, 9.17) is 0 Å². The van der Waals surface area contributed by atoms with E-state index in [1.54, 1.807) is 6.42 Å². The van der Waals surface area contributed by atoms with E-state index >= 15 is 0 Å². The maximum absolute atomic E-state index is 10.4. The summed E-state index contributed by atoms with van der Waals surface area (Å²) in [5.41, 5.74) is 0. The zero-order valence-corrected chi connectivity index (χ0v) is 4.11. The second-order valence-electron chi connectivity index (χ2n) is 1.62. The molecule has 0 unspecified atom stereocenters. The standard InChI is InChI=1S/C5H8NO/c7-5-1-3-6-4-2-5/h1,6H,2-4H2. The number of hydrogen-bond acceptors (Lipinski definition) is 2. The van der Waals surface area contributed by atoms with Gasteiger partial charge in [-0.05, 0) is 0 Å². The number of hydrogen-bond donors (Lipinski definition) is 1. The van der Waals surface area contributed by atoms with Gasteiger partial charge in [0, 0.05) is 25.9 Å². The molecule has 0 amide bonds. The van der Waals surface area contributed by atoms with E-state index in [0.717, 1.165) is 13.1 Å². The van der Waals surface area contributed by atoms with Crippen molar-refractivity contribution in [2.24, 2.45) is 0 Å². The van der Waals surface area contributed by atoms with Gasteiger partial charge in [0.2, 0.25) is 0 Å². The van der Waals surface area contributed by atoms with Crippen molar-refractivity contribution in [1.29, 1.82) is 0 Å². The second-order valence-corrected chi connectivity index (χ2v) is 1.62. The van der Waals surface area contributed by atoms with E-state index in [1.807, 2.05) is 0 Å². The molecule has 0 bridgehead atoms. The normalized spacial score (nSPS) is 22.6. The quantitative estimate of drug-likeness (QED) is 0.452. The highest BCUT2D eigenvalue weighted by Gasteiger charge is 2.05. The summed E-state index contributed by atoms with van der Waals surface area (Å²) in [6.45, 7) is 1.62. The third-order valence-electron chi connectivity index (χ3n) is 1.02. The molecule has 1 saturated heterocycles. The lowest BCUT2D eigenvalue weighted by molar-refractivity contribution is -0.116. The van der Waals surface area contributed by atoms with Crippen molar-refractivity contribution in [3.63, 3.8) is 0 Å². The van der Waals surface area contributed by atoms with Crippen LogP contribution in [0.1, 0.15) is 6.42 Å². The third-order valence-corrected chi connectivity index (χ3v) is 1.02. The van der Waals surface area contributed by atoms with E-state index in [1.165, 1.54) is 0 Å². The average Bonchev–Trinajstić information content (AvgIpc) is 1.69. The van der Waals surface area contributed by atoms with Crippen LogP contribution in [-0.2, 0) is 4.79 Å². The van der Waals surface area contributed by atoms with Gasteiger partial charge in [0.15, 0.2) is 0 Å². The molecule has 1 aliphatic rings. The summed E-state index contributed by atoms with van der Waals surface area (Å²) >= 11 is 0. The minimum absolute atomic E-state index is 0.277. The van der Waals surface area contributed by atoms with E-state index in [2.05, 4.69) is 5.32 Å². The van der Waals surface area contributed by atoms with Gasteiger partial charge in [-0.15, -0.1) is 0 Å². The Kier molecular flexibility index (Phi) is 1.42. The molecule has 1 fully saturated rings. The highest BCUT2D eigenvalue weighted by molar-refractivity contribution is 5.87. The van der Waals surface area contributed by atoms with Crippen LogP contribution in [-0.4, -0.2) is 18.9 Å². The molecule has 2 nitrogen and oxygen atoms in total. The molecule has 39 valence electrons. The molecule has 1 heterocycles. The highest BCUT2D eigenvalue weighted by Crippen LogP contribution is 1.90. The molecule has 0 aliphatic carbocycles. The van der Waals surface area contributed by atoms with Crippen molar-refractivity contribution >= 4 is 5.78 Å². The molecule has 0 aromatic heterocycles. The summed E-state index contributed by atoms with van der Waals surface area (Å²) in [6.07, 6.45) is 2.36. The number of rotatable bonds is 0. The lowest BCUT2D eigenvalue weighted by atomic mass is 10.1. The lowest BCUT2D eigenvalue weighted by Crippen LogP contribution is -2.28. The molecule has 1 rings (SSSR count). The maximum atomic E-state index is 10.4. The Morgan fingerprint density at radius 3 is 2.86 bits per heavy atom. The number of ketones is 1. The van der Waals surface area contributed by atoms with Crippen LogP contribution in [0, 0.1) is 6.42 Å². The van der Waals surface area contributed by atoms with Crippen LogP contribution in [0.25, 0.3) is 0 Å². The van der Waals surface area contributed by atoms with Crippen molar-refractivity contribution in [3.05, 3.63) is 6.42 Å². The van der Waals surface area contributed by atoms with Crippen LogP contribution in [0.5, 0.6) is 0 Å². The van der Waals surface area contributed by atoms with Crippen LogP contribution in [0.3, 0.4) is 0 Å². The van der Waals surface area contributed by atoms with Gasteiger partial charge in [-0.2, -0.15) is 0 Å². The predicted octanol–water partition coefficient (Wildman–Crippen LogP) is -0.247. The molecule has 2 heteroatoms. The summed E-state index contributed by atoms with van der Waals surface area (Å²) in [4.78, 5) is 10.4. The molecule has 1 N–H and O–H groups in total. The van der Waals surface area contributed by atoms with Crippen molar-refractivity contribution < 1.29 is 4.79 Å². The van der Waals surface area contributed by atoms with Crippen LogP contribution in [0.4, 0.5) is 0 Å². The van der Waals surface area contributed by atoms with Gasteiger partial charge in [0.1, 0.15) is 5.78 Å². The number of piperidine rings is 1. The van der Waals surface area contributed by atoms with Crippen LogP contribution in [0.15, 0.2) is 0 Å². The first-order chi connectivity index (χ1) is 3.39. The zero-order valence-electron chi connectivity index (χ0n) is 4.11. The fraction of sp³-hybridized carbons (Fsp3) is 0.600. The fourth-order valence-electron chi connectivity index (χ4n) is 0.602. The van der Waals surface area contributed by atoms with E-state index in [-0.39, 0.29) is 5.78 Å². The van der Waals surface area contributed by atoms with Crippen molar-refractivity contribution in [3.8, 4) is 0 Å². The Bertz CT molecular complexity index is 72.1. The number of carbonyl (C=O) groups is 1. The minimum atomic E-state index is 0.277. The van der Waals surface area contributed by atoms with Gasteiger partial charge in [-0.3, -0.25) is 4.79 Å². The molecule has 0 spiro atoms. The third kappa shape index (κ3) is 1.27. The van der Waals surface area contributed by atoms with E-state index < -0.39 is 0 Å². The second kappa shape index (κ2) is 2.07. The molecular formula is C5H8NO. The maximum Gasteiger partial charge on any atom is 0.139 e. The Balaban J connectivity index is 2.25. The Hall–Kier alpha value is -0.370. The molecule has 0 atom stereocenters. The molecule has 7 heavy (non-hydrogen) atoms. The Labute approximate surface area is 42.9 Å². The number of carbonyl (C=O) groups excluding carboxylic acids is 1. The summed E-state index contributed by atoms with van der Waals surface area (Å²) < 4.78 is 0. The first kappa shape index (κ1) is 4.78. The van der Waals surface area contributed by atoms with Crippen LogP contribution < -0.4 is 5.32 Å². The van der Waals surface area contributed by atoms with Crippen molar-refractivity contribution in [1.82, 2.24) is 5.32 Å². The monoisotopic (exact) mass is 98.1 g/mol. The molecule has 1 radical (unpaired) electrons. The topological polar surface area (TPSA) is 29.1 Å². The first-order valence-corrected chi connectivity index (χ1v) is 2.46. The summed E-state index contributed by atoms with van der Waals surface area (Å²) in [7, 11) is 0. The minimum Gasteiger partial charge on any atom is -0.316 e. The fourth-order valence-corrected chi connectivity index (χ4v) is 0.602. The highest BCUT2D eigenvalue weighted by atomic mass is 16.1. The SMILES string of the molecule is O=C1[CH]CNCC1. The zero-order chi connectivity index (χ0) is 5.11. The largest absolute Gasteiger partial charge is 0.316 e. The number of Topliss-reactive ketones (excluding diaryl/α,β-unsaturated/α-hetero) is 1. The van der Waals surface area contributed by atoms with Crippen molar-refractivity contribution in [2.75, 3.05) is 13.1 Å². The van der Waals surface area contributed by atoms with Gasteiger partial charge in [0.25, 0.3) is 0 Å². The Morgan fingerprint density at radius 1 is 1.71 bits per heavy atom. The van der Waals surface area contributed by atoms with Crippen LogP contribution in [0.2, 0.25) is 0 Å². The van der Waals surface area contributed by atoms with Gasteiger partial charge in [0.05, 0.1) is 0 Å². The predicted molar refractivity (Wildman–Crippen MR) is 26.8 cm³/mol. The van der Waals surface area contributed by atoms with Gasteiger partial charge in [-0.1, -0.05) is 0 Å².